The lowest BCUT2D eigenvalue weighted by atomic mass is 9.99. The van der Waals surface area contributed by atoms with E-state index in [-0.39, 0.29) is 19.0 Å². The van der Waals surface area contributed by atoms with Crippen LogP contribution >= 0.6 is 0 Å². The van der Waals surface area contributed by atoms with Gasteiger partial charge in [-0.1, -0.05) is 30.3 Å². The molecule has 0 bridgehead atoms. The van der Waals surface area contributed by atoms with Crippen molar-refractivity contribution in [1.82, 2.24) is 15.6 Å². The first-order chi connectivity index (χ1) is 17.8. The zero-order valence-corrected chi connectivity index (χ0v) is 21.7. The molecule has 0 radical (unpaired) electrons. The third-order valence-electron chi connectivity index (χ3n) is 5.99. The number of amides is 1. The number of alkyl carbamates (subject to hydrolysis) is 1. The van der Waals surface area contributed by atoms with Gasteiger partial charge in [-0.3, -0.25) is 4.79 Å². The van der Waals surface area contributed by atoms with Gasteiger partial charge in [-0.2, -0.15) is 13.2 Å². The first kappa shape index (κ1) is 29.0. The predicted octanol–water partition coefficient (Wildman–Crippen LogP) is 5.69. The standard InChI is InChI=1S/C28H34F3N3O4/c1-27(2,3)38-26(37)33-17-21(13-10-18-8-11-20(12-9-18)28(29,30)31)34-22(15-25(35)36)14-19-16-32-24-7-5-4-6-23(19)24/h4-9,11-12,16,21-22,32,34H,10,13-15,17H2,1-3H3,(H,33,37)(H,35,36)/t21?,22-/m0/s1. The Bertz CT molecular complexity index is 1220. The topological polar surface area (TPSA) is 103 Å². The van der Waals surface area contributed by atoms with Crippen molar-refractivity contribution in [2.75, 3.05) is 6.54 Å². The lowest BCUT2D eigenvalue weighted by molar-refractivity contribution is -0.138. The van der Waals surface area contributed by atoms with Crippen LogP contribution in [0.15, 0.2) is 54.7 Å². The maximum absolute atomic E-state index is 12.9. The van der Waals surface area contributed by atoms with Crippen LogP contribution in [0.5, 0.6) is 0 Å². The molecule has 0 aliphatic rings. The third-order valence-corrected chi connectivity index (χ3v) is 5.99. The monoisotopic (exact) mass is 533 g/mol. The first-order valence-electron chi connectivity index (χ1n) is 12.5. The van der Waals surface area contributed by atoms with E-state index >= 15 is 0 Å². The fourth-order valence-electron chi connectivity index (χ4n) is 4.27. The number of nitrogens with one attached hydrogen (secondary N) is 3. The molecule has 0 spiro atoms. The molecule has 1 aromatic heterocycles. The number of aliphatic carboxylic acids is 1. The number of aromatic amines is 1. The van der Waals surface area contributed by atoms with Gasteiger partial charge in [-0.15, -0.1) is 0 Å². The van der Waals surface area contributed by atoms with E-state index in [4.69, 9.17) is 4.74 Å². The molecule has 3 rings (SSSR count). The molecule has 0 aliphatic heterocycles. The minimum atomic E-state index is -4.41. The van der Waals surface area contributed by atoms with E-state index < -0.39 is 35.4 Å². The van der Waals surface area contributed by atoms with Crippen molar-refractivity contribution in [1.29, 1.82) is 0 Å². The summed E-state index contributed by atoms with van der Waals surface area (Å²) in [5.41, 5.74) is 1.20. The van der Waals surface area contributed by atoms with Crippen molar-refractivity contribution in [3.63, 3.8) is 0 Å². The lowest BCUT2D eigenvalue weighted by Crippen LogP contribution is -2.48. The minimum absolute atomic E-state index is 0.150. The maximum atomic E-state index is 12.9. The summed E-state index contributed by atoms with van der Waals surface area (Å²) >= 11 is 0. The van der Waals surface area contributed by atoms with Gasteiger partial charge in [-0.05, 0) is 69.4 Å². The van der Waals surface area contributed by atoms with Crippen LogP contribution < -0.4 is 10.6 Å². The van der Waals surface area contributed by atoms with Gasteiger partial charge in [0.2, 0.25) is 0 Å². The number of carboxylic acids is 1. The zero-order valence-electron chi connectivity index (χ0n) is 21.7. The van der Waals surface area contributed by atoms with Crippen molar-refractivity contribution >= 4 is 23.0 Å². The number of para-hydroxylation sites is 1. The smallest absolute Gasteiger partial charge is 0.416 e. The molecular formula is C28H34F3N3O4. The number of carboxylic acid groups (broad SMARTS) is 1. The first-order valence-corrected chi connectivity index (χ1v) is 12.5. The highest BCUT2D eigenvalue weighted by Gasteiger charge is 2.30. The average molecular weight is 534 g/mol. The number of halogens is 3. The average Bonchev–Trinajstić information content (AvgIpc) is 3.21. The van der Waals surface area contributed by atoms with Crippen LogP contribution in [0.1, 0.15) is 50.3 Å². The fraction of sp³-hybridized carbons (Fsp3) is 0.429. The molecule has 206 valence electrons. The highest BCUT2D eigenvalue weighted by Crippen LogP contribution is 2.29. The van der Waals surface area contributed by atoms with Gasteiger partial charge >= 0.3 is 18.2 Å². The Morgan fingerprint density at radius 3 is 2.34 bits per heavy atom. The van der Waals surface area contributed by atoms with E-state index in [9.17, 15) is 27.9 Å². The Morgan fingerprint density at radius 2 is 1.71 bits per heavy atom. The van der Waals surface area contributed by atoms with Crippen LogP contribution in [-0.2, 0) is 28.5 Å². The molecule has 1 amide bonds. The van der Waals surface area contributed by atoms with Crippen LogP contribution in [0.3, 0.4) is 0 Å². The van der Waals surface area contributed by atoms with E-state index in [1.807, 2.05) is 30.5 Å². The summed E-state index contributed by atoms with van der Waals surface area (Å²) in [7, 11) is 0. The highest BCUT2D eigenvalue weighted by atomic mass is 19.4. The van der Waals surface area contributed by atoms with Gasteiger partial charge < -0.3 is 25.5 Å². The van der Waals surface area contributed by atoms with E-state index in [0.717, 1.165) is 28.6 Å². The minimum Gasteiger partial charge on any atom is -0.481 e. The number of ether oxygens (including phenoxy) is 1. The van der Waals surface area contributed by atoms with Crippen molar-refractivity contribution in [2.24, 2.45) is 0 Å². The maximum Gasteiger partial charge on any atom is 0.416 e. The summed E-state index contributed by atoms with van der Waals surface area (Å²) in [6.07, 6.45) is -2.00. The number of benzene rings is 2. The van der Waals surface area contributed by atoms with Gasteiger partial charge in [0.1, 0.15) is 5.60 Å². The summed E-state index contributed by atoms with van der Waals surface area (Å²) in [4.78, 5) is 27.1. The van der Waals surface area contributed by atoms with Gasteiger partial charge in [0.25, 0.3) is 0 Å². The van der Waals surface area contributed by atoms with Crippen molar-refractivity contribution in [3.05, 3.63) is 71.4 Å². The Balaban J connectivity index is 1.74. The van der Waals surface area contributed by atoms with Crippen molar-refractivity contribution in [2.45, 2.75) is 70.3 Å². The van der Waals surface area contributed by atoms with E-state index in [0.29, 0.717) is 24.8 Å². The molecule has 7 nitrogen and oxygen atoms in total. The van der Waals surface area contributed by atoms with Crippen LogP contribution in [0, 0.1) is 0 Å². The molecule has 38 heavy (non-hydrogen) atoms. The Hall–Kier alpha value is -3.53. The second-order valence-electron chi connectivity index (χ2n) is 10.3. The number of carbonyl (C=O) groups excluding carboxylic acids is 1. The predicted molar refractivity (Wildman–Crippen MR) is 139 cm³/mol. The molecule has 0 saturated carbocycles. The molecule has 0 saturated heterocycles. The van der Waals surface area contributed by atoms with Crippen LogP contribution in [0.4, 0.5) is 18.0 Å². The van der Waals surface area contributed by atoms with Crippen LogP contribution in [0.25, 0.3) is 10.9 Å². The molecule has 0 aliphatic carbocycles. The number of fused-ring (bicyclic) bond motifs is 1. The largest absolute Gasteiger partial charge is 0.481 e. The Kier molecular flexibility index (Phi) is 9.43. The highest BCUT2D eigenvalue weighted by molar-refractivity contribution is 5.83. The molecule has 4 N–H and O–H groups in total. The van der Waals surface area contributed by atoms with Gasteiger partial charge in [0.15, 0.2) is 0 Å². The number of hydrogen-bond donors (Lipinski definition) is 4. The molecule has 10 heteroatoms. The number of alkyl halides is 3. The molecule has 0 fully saturated rings. The summed E-state index contributed by atoms with van der Waals surface area (Å²) in [5, 5.41) is 16.6. The number of H-pyrrole nitrogens is 1. The zero-order chi connectivity index (χ0) is 27.9. The summed E-state index contributed by atoms with van der Waals surface area (Å²) in [5.74, 6) is -0.969. The van der Waals surface area contributed by atoms with Gasteiger partial charge in [0, 0.05) is 35.7 Å². The number of rotatable bonds is 11. The quantitative estimate of drug-likeness (QED) is 0.254. The Labute approximate surface area is 219 Å². The summed E-state index contributed by atoms with van der Waals surface area (Å²) < 4.78 is 44.1. The van der Waals surface area contributed by atoms with Gasteiger partial charge in [0.05, 0.1) is 12.0 Å². The van der Waals surface area contributed by atoms with E-state index in [2.05, 4.69) is 15.6 Å². The normalized spacial score (nSPS) is 13.7. The number of aryl methyl sites for hydroxylation is 1. The third kappa shape index (κ3) is 9.09. The second-order valence-corrected chi connectivity index (χ2v) is 10.3. The molecule has 2 atom stereocenters. The molecule has 1 unspecified atom stereocenters. The summed E-state index contributed by atoms with van der Waals surface area (Å²) in [6, 6.07) is 11.9. The SMILES string of the molecule is CC(C)(C)OC(=O)NCC(CCc1ccc(C(F)(F)F)cc1)N[C@H](CC(=O)O)Cc1c[nH]c2ccccc12. The number of aromatic nitrogens is 1. The van der Waals surface area contributed by atoms with Crippen molar-refractivity contribution in [3.8, 4) is 0 Å². The number of carbonyl (C=O) groups is 2. The molecular weight excluding hydrogens is 499 g/mol. The van der Waals surface area contributed by atoms with Crippen molar-refractivity contribution < 1.29 is 32.6 Å². The van der Waals surface area contributed by atoms with Gasteiger partial charge in [-0.25, -0.2) is 4.79 Å². The van der Waals surface area contributed by atoms with Crippen LogP contribution in [0.2, 0.25) is 0 Å². The summed E-state index contributed by atoms with van der Waals surface area (Å²) in [6.45, 7) is 5.39. The van der Waals surface area contributed by atoms with E-state index in [1.54, 1.807) is 20.8 Å². The lowest BCUT2D eigenvalue weighted by Gasteiger charge is -2.26. The molecule has 3 aromatic rings. The van der Waals surface area contributed by atoms with E-state index in [1.165, 1.54) is 12.1 Å². The molecule has 1 heterocycles. The number of hydrogen-bond acceptors (Lipinski definition) is 4. The molecule has 2 aromatic carbocycles. The Morgan fingerprint density at radius 1 is 1.03 bits per heavy atom. The van der Waals surface area contributed by atoms with Crippen LogP contribution in [-0.4, -0.2) is 46.4 Å². The fourth-order valence-corrected chi connectivity index (χ4v) is 4.27. The second kappa shape index (κ2) is 12.3.